The molecule has 0 atom stereocenters. The fraction of sp³-hybridized carbons (Fsp3) is 0.143. The summed E-state index contributed by atoms with van der Waals surface area (Å²) in [5.41, 5.74) is 0.811. The lowest BCUT2D eigenvalue weighted by Crippen LogP contribution is -2.16. The van der Waals surface area contributed by atoms with Gasteiger partial charge in [0.05, 0.1) is 17.8 Å². The van der Waals surface area contributed by atoms with Crippen molar-refractivity contribution in [2.75, 3.05) is 5.32 Å². The van der Waals surface area contributed by atoms with Crippen LogP contribution in [0.1, 0.15) is 5.69 Å². The van der Waals surface area contributed by atoms with Crippen LogP contribution < -0.4 is 10.1 Å². The predicted molar refractivity (Wildman–Crippen MR) is 78.5 cm³/mol. The van der Waals surface area contributed by atoms with Gasteiger partial charge >= 0.3 is 6.61 Å². The monoisotopic (exact) mass is 323 g/mol. The van der Waals surface area contributed by atoms with E-state index in [-0.39, 0.29) is 23.8 Å². The molecule has 0 aliphatic rings. The molecule has 5 nitrogen and oxygen atoms in total. The van der Waals surface area contributed by atoms with E-state index in [9.17, 15) is 13.6 Å². The molecule has 0 aliphatic heterocycles. The Bertz CT molecular complexity index is 772. The first-order valence-electron chi connectivity index (χ1n) is 6.36. The molecule has 0 fully saturated rings. The maximum atomic E-state index is 12.3. The molecule has 0 saturated heterocycles. The van der Waals surface area contributed by atoms with E-state index in [1.165, 1.54) is 23.5 Å². The lowest BCUT2D eigenvalue weighted by Gasteiger charge is -2.11. The van der Waals surface area contributed by atoms with E-state index in [4.69, 9.17) is 0 Å². The minimum Gasteiger partial charge on any atom is -0.433 e. The Hall–Kier alpha value is -2.48. The van der Waals surface area contributed by atoms with Gasteiger partial charge < -0.3 is 10.1 Å². The molecule has 114 valence electrons. The summed E-state index contributed by atoms with van der Waals surface area (Å²) in [6.07, 6.45) is 3.66. The molecule has 0 unspecified atom stereocenters. The largest absolute Gasteiger partial charge is 0.433 e. The number of para-hydroxylation sites is 2. The quantitative estimate of drug-likeness (QED) is 0.784. The third-order valence-electron chi connectivity index (χ3n) is 2.86. The number of thiazole rings is 1. The molecule has 1 aromatic carbocycles. The number of fused-ring (bicyclic) bond motifs is 1. The second-order valence-corrected chi connectivity index (χ2v) is 5.30. The predicted octanol–water partition coefficient (Wildman–Crippen LogP) is 3.18. The lowest BCUT2D eigenvalue weighted by molar-refractivity contribution is -0.115. The van der Waals surface area contributed by atoms with Crippen molar-refractivity contribution >= 4 is 27.9 Å². The number of ether oxygens (including phenoxy) is 1. The highest BCUT2D eigenvalue weighted by Gasteiger charge is 2.13. The molecular formula is C14H11F2N3O2S. The molecular weight excluding hydrogens is 312 g/mol. The molecule has 0 aliphatic carbocycles. The number of nitrogens with zero attached hydrogens (tertiary/aromatic N) is 2. The Balaban J connectivity index is 1.70. The van der Waals surface area contributed by atoms with Crippen molar-refractivity contribution in [2.45, 2.75) is 13.0 Å². The molecule has 0 bridgehead atoms. The first kappa shape index (κ1) is 14.5. The number of anilines is 1. The van der Waals surface area contributed by atoms with Crippen LogP contribution >= 0.6 is 11.3 Å². The minimum absolute atomic E-state index is 0.0530. The third-order valence-corrected chi connectivity index (χ3v) is 3.63. The number of nitrogens with one attached hydrogen (secondary N) is 1. The van der Waals surface area contributed by atoms with Crippen LogP contribution in [0.5, 0.6) is 5.75 Å². The van der Waals surface area contributed by atoms with Crippen LogP contribution in [0.3, 0.4) is 0 Å². The van der Waals surface area contributed by atoms with Crippen molar-refractivity contribution < 1.29 is 18.3 Å². The molecule has 0 radical (unpaired) electrons. The summed E-state index contributed by atoms with van der Waals surface area (Å²) in [4.78, 5) is 17.1. The smallest absolute Gasteiger partial charge is 0.387 e. The first-order chi connectivity index (χ1) is 10.6. The van der Waals surface area contributed by atoms with Gasteiger partial charge in [-0.3, -0.25) is 9.20 Å². The van der Waals surface area contributed by atoms with E-state index in [1.807, 2.05) is 16.0 Å². The average molecular weight is 323 g/mol. The number of alkyl halides is 2. The van der Waals surface area contributed by atoms with Crippen molar-refractivity contribution in [1.82, 2.24) is 9.38 Å². The highest BCUT2D eigenvalue weighted by Crippen LogP contribution is 2.25. The molecule has 8 heteroatoms. The van der Waals surface area contributed by atoms with Crippen LogP contribution in [0.25, 0.3) is 4.96 Å². The molecule has 2 heterocycles. The van der Waals surface area contributed by atoms with E-state index < -0.39 is 6.61 Å². The number of halogens is 2. The summed E-state index contributed by atoms with van der Waals surface area (Å²) >= 11 is 1.47. The normalized spacial score (nSPS) is 11.0. The summed E-state index contributed by atoms with van der Waals surface area (Å²) in [6, 6.07) is 6.05. The number of rotatable bonds is 5. The zero-order chi connectivity index (χ0) is 15.5. The zero-order valence-electron chi connectivity index (χ0n) is 11.2. The van der Waals surface area contributed by atoms with E-state index in [2.05, 4.69) is 15.0 Å². The number of hydrogen-bond donors (Lipinski definition) is 1. The van der Waals surface area contributed by atoms with Gasteiger partial charge in [0.2, 0.25) is 5.91 Å². The van der Waals surface area contributed by atoms with E-state index in [1.54, 1.807) is 18.3 Å². The number of hydrogen-bond acceptors (Lipinski definition) is 4. The van der Waals surface area contributed by atoms with E-state index in [0.717, 1.165) is 4.96 Å². The number of imidazole rings is 1. The lowest BCUT2D eigenvalue weighted by atomic mass is 10.2. The number of benzene rings is 1. The van der Waals surface area contributed by atoms with Gasteiger partial charge in [0.25, 0.3) is 0 Å². The Labute approximate surface area is 128 Å². The molecule has 3 rings (SSSR count). The standard InChI is InChI=1S/C14H11F2N3O2S/c15-13(16)21-11-4-2-1-3-10(11)18-12(20)7-9-8-19-5-6-22-14(19)17-9/h1-6,8,13H,7H2,(H,18,20). The average Bonchev–Trinajstić information content (AvgIpc) is 3.01. The van der Waals surface area contributed by atoms with Gasteiger partial charge in [0.15, 0.2) is 4.96 Å². The van der Waals surface area contributed by atoms with Crippen LogP contribution in [0.2, 0.25) is 0 Å². The number of amides is 1. The van der Waals surface area contributed by atoms with Crippen LogP contribution in [-0.2, 0) is 11.2 Å². The third kappa shape index (κ3) is 3.22. The SMILES string of the molecule is O=C(Cc1cn2ccsc2n1)Nc1ccccc1OC(F)F. The fourth-order valence-corrected chi connectivity index (χ4v) is 2.71. The van der Waals surface area contributed by atoms with Crippen LogP contribution in [-0.4, -0.2) is 21.9 Å². The molecule has 0 saturated carbocycles. The van der Waals surface area contributed by atoms with Gasteiger partial charge in [-0.05, 0) is 12.1 Å². The summed E-state index contributed by atoms with van der Waals surface area (Å²) in [5, 5.41) is 4.45. The summed E-state index contributed by atoms with van der Waals surface area (Å²) in [6.45, 7) is -2.95. The van der Waals surface area contributed by atoms with Gasteiger partial charge in [-0.1, -0.05) is 12.1 Å². The summed E-state index contributed by atoms with van der Waals surface area (Å²) < 4.78 is 30.8. The Morgan fingerprint density at radius 3 is 3.00 bits per heavy atom. The van der Waals surface area contributed by atoms with Crippen LogP contribution in [0.15, 0.2) is 42.0 Å². The Morgan fingerprint density at radius 2 is 2.23 bits per heavy atom. The molecule has 3 aromatic rings. The maximum Gasteiger partial charge on any atom is 0.387 e. The number of carbonyl (C=O) groups excluding carboxylic acids is 1. The minimum atomic E-state index is -2.95. The Morgan fingerprint density at radius 1 is 1.41 bits per heavy atom. The summed E-state index contributed by atoms with van der Waals surface area (Å²) in [5.74, 6) is -0.423. The number of carbonyl (C=O) groups is 1. The van der Waals surface area contributed by atoms with Crippen molar-refractivity contribution in [3.05, 3.63) is 47.7 Å². The second-order valence-electron chi connectivity index (χ2n) is 4.42. The molecule has 0 spiro atoms. The Kier molecular flexibility index (Phi) is 4.01. The van der Waals surface area contributed by atoms with Crippen molar-refractivity contribution in [3.63, 3.8) is 0 Å². The van der Waals surface area contributed by atoms with Gasteiger partial charge in [-0.2, -0.15) is 8.78 Å². The van der Waals surface area contributed by atoms with Gasteiger partial charge in [-0.25, -0.2) is 4.98 Å². The first-order valence-corrected chi connectivity index (χ1v) is 7.24. The van der Waals surface area contributed by atoms with E-state index >= 15 is 0 Å². The fourth-order valence-electron chi connectivity index (χ4n) is 1.99. The van der Waals surface area contributed by atoms with Gasteiger partial charge in [0.1, 0.15) is 5.75 Å². The van der Waals surface area contributed by atoms with Crippen LogP contribution in [0.4, 0.5) is 14.5 Å². The van der Waals surface area contributed by atoms with Crippen molar-refractivity contribution in [2.24, 2.45) is 0 Å². The van der Waals surface area contributed by atoms with Crippen molar-refractivity contribution in [3.8, 4) is 5.75 Å². The molecule has 1 amide bonds. The van der Waals surface area contributed by atoms with E-state index in [0.29, 0.717) is 5.69 Å². The zero-order valence-corrected chi connectivity index (χ0v) is 12.0. The highest BCUT2D eigenvalue weighted by atomic mass is 32.1. The molecule has 22 heavy (non-hydrogen) atoms. The topological polar surface area (TPSA) is 55.6 Å². The highest BCUT2D eigenvalue weighted by molar-refractivity contribution is 7.15. The number of aromatic nitrogens is 2. The maximum absolute atomic E-state index is 12.3. The van der Waals surface area contributed by atoms with Crippen LogP contribution in [0, 0.1) is 0 Å². The molecule has 2 aromatic heterocycles. The van der Waals surface area contributed by atoms with Crippen molar-refractivity contribution in [1.29, 1.82) is 0 Å². The molecule has 1 N–H and O–H groups in total. The van der Waals surface area contributed by atoms with Gasteiger partial charge in [0, 0.05) is 17.8 Å². The van der Waals surface area contributed by atoms with Gasteiger partial charge in [-0.15, -0.1) is 11.3 Å². The second kappa shape index (κ2) is 6.10. The summed E-state index contributed by atoms with van der Waals surface area (Å²) in [7, 11) is 0.